The van der Waals surface area contributed by atoms with E-state index in [1.807, 2.05) is 16.8 Å². The molecule has 1 N–H and O–H groups in total. The zero-order chi connectivity index (χ0) is 14.1. The SMILES string of the molecule is [Rb+].[c-]1cccc2cn(-c3ccc([C@@H]4CCCNC4)cc3)nc12. The Hall–Kier alpha value is -0.325. The number of nitrogens with one attached hydrogen (secondary N) is 1. The number of piperidine rings is 1. The molecular formula is C18H18N3Rb. The van der Waals surface area contributed by atoms with Crippen LogP contribution in [0.3, 0.4) is 0 Å². The summed E-state index contributed by atoms with van der Waals surface area (Å²) in [6.07, 6.45) is 4.61. The van der Waals surface area contributed by atoms with Crippen molar-refractivity contribution in [3.63, 3.8) is 0 Å². The number of benzene rings is 2. The third-order valence-electron chi connectivity index (χ3n) is 4.26. The van der Waals surface area contributed by atoms with E-state index < -0.39 is 0 Å². The molecular weight excluding hydrogens is 344 g/mol. The summed E-state index contributed by atoms with van der Waals surface area (Å²) in [6.45, 7) is 2.25. The summed E-state index contributed by atoms with van der Waals surface area (Å²) in [5, 5.41) is 9.17. The van der Waals surface area contributed by atoms with Crippen LogP contribution in [0.1, 0.15) is 24.3 Å². The molecule has 1 fully saturated rings. The van der Waals surface area contributed by atoms with Crippen molar-refractivity contribution in [2.75, 3.05) is 13.1 Å². The topological polar surface area (TPSA) is 29.9 Å². The third-order valence-corrected chi connectivity index (χ3v) is 4.26. The van der Waals surface area contributed by atoms with Gasteiger partial charge in [0.05, 0.1) is 5.69 Å². The largest absolute Gasteiger partial charge is 1.00 e. The first-order chi connectivity index (χ1) is 10.4. The van der Waals surface area contributed by atoms with Gasteiger partial charge in [-0.25, -0.2) is 0 Å². The normalized spacial score (nSPS) is 18.1. The van der Waals surface area contributed by atoms with Crippen molar-refractivity contribution < 1.29 is 58.2 Å². The molecule has 1 aliphatic rings. The van der Waals surface area contributed by atoms with Crippen LogP contribution in [-0.4, -0.2) is 22.9 Å². The molecule has 0 unspecified atom stereocenters. The Labute approximate surface area is 179 Å². The Kier molecular flexibility index (Phi) is 5.63. The summed E-state index contributed by atoms with van der Waals surface area (Å²) in [6, 6.07) is 17.9. The minimum atomic E-state index is 0. The van der Waals surface area contributed by atoms with E-state index >= 15 is 0 Å². The van der Waals surface area contributed by atoms with E-state index in [1.165, 1.54) is 18.4 Å². The average molecular weight is 362 g/mol. The number of hydrogen-bond donors (Lipinski definition) is 1. The first kappa shape index (κ1) is 16.5. The van der Waals surface area contributed by atoms with Crippen LogP contribution < -0.4 is 63.5 Å². The van der Waals surface area contributed by atoms with E-state index in [1.54, 1.807) is 0 Å². The second kappa shape index (κ2) is 7.50. The number of fused-ring (bicyclic) bond motifs is 1. The van der Waals surface area contributed by atoms with Gasteiger partial charge < -0.3 is 5.32 Å². The monoisotopic (exact) mass is 361 g/mol. The van der Waals surface area contributed by atoms with Gasteiger partial charge in [-0.15, -0.1) is 0 Å². The quantitative estimate of drug-likeness (QED) is 0.665. The summed E-state index contributed by atoms with van der Waals surface area (Å²) in [7, 11) is 0. The molecule has 1 aliphatic heterocycles. The standard InChI is InChI=1S/C18H18N3.Rb/c1-2-6-18-16(4-1)13-21(20-18)17-9-7-14(8-10-17)15-5-3-11-19-12-15;/h1-2,4,7-10,13,15,19H,3,5,11-12H2;/q-1;+1/t15-;/m1./s1. The molecule has 0 aliphatic carbocycles. The van der Waals surface area contributed by atoms with Gasteiger partial charge in [0, 0.05) is 6.54 Å². The van der Waals surface area contributed by atoms with Crippen molar-refractivity contribution in [2.45, 2.75) is 18.8 Å². The van der Waals surface area contributed by atoms with Gasteiger partial charge in [0.1, 0.15) is 0 Å². The predicted octanol–water partition coefficient (Wildman–Crippen LogP) is 0.297. The van der Waals surface area contributed by atoms with Gasteiger partial charge >= 0.3 is 58.2 Å². The Morgan fingerprint density at radius 2 is 2.05 bits per heavy atom. The third kappa shape index (κ3) is 3.44. The van der Waals surface area contributed by atoms with Crippen molar-refractivity contribution in [2.24, 2.45) is 0 Å². The molecule has 4 rings (SSSR count). The molecule has 1 aromatic heterocycles. The van der Waals surface area contributed by atoms with Crippen LogP contribution in [0.15, 0.2) is 48.7 Å². The van der Waals surface area contributed by atoms with Crippen LogP contribution in [0.25, 0.3) is 16.6 Å². The van der Waals surface area contributed by atoms with Gasteiger partial charge in [0.25, 0.3) is 0 Å². The average Bonchev–Trinajstić information content (AvgIpc) is 3.00. The first-order valence-corrected chi connectivity index (χ1v) is 7.57. The molecule has 0 spiro atoms. The maximum absolute atomic E-state index is 4.57. The van der Waals surface area contributed by atoms with Crippen molar-refractivity contribution in [1.29, 1.82) is 0 Å². The maximum Gasteiger partial charge on any atom is 1.00 e. The van der Waals surface area contributed by atoms with Crippen molar-refractivity contribution in [1.82, 2.24) is 15.1 Å². The Morgan fingerprint density at radius 1 is 1.18 bits per heavy atom. The van der Waals surface area contributed by atoms with E-state index in [0.717, 1.165) is 29.7 Å². The van der Waals surface area contributed by atoms with Gasteiger partial charge in [-0.1, -0.05) is 17.5 Å². The molecule has 1 saturated heterocycles. The molecule has 22 heavy (non-hydrogen) atoms. The second-order valence-electron chi connectivity index (χ2n) is 5.68. The molecule has 0 amide bonds. The molecule has 3 aromatic rings. The molecule has 0 saturated carbocycles. The molecule has 3 nitrogen and oxygen atoms in total. The number of rotatable bonds is 2. The molecule has 1 atom stereocenters. The fraction of sp³-hybridized carbons (Fsp3) is 0.278. The van der Waals surface area contributed by atoms with E-state index in [9.17, 15) is 0 Å². The van der Waals surface area contributed by atoms with Crippen LogP contribution in [0.2, 0.25) is 0 Å². The smallest absolute Gasteiger partial charge is 0.316 e. The number of hydrogen-bond acceptors (Lipinski definition) is 2. The summed E-state index contributed by atoms with van der Waals surface area (Å²) in [4.78, 5) is 0. The molecule has 4 heteroatoms. The minimum Gasteiger partial charge on any atom is -0.316 e. The van der Waals surface area contributed by atoms with Crippen molar-refractivity contribution in [3.05, 3.63) is 60.3 Å². The Bertz CT molecular complexity index is 709. The van der Waals surface area contributed by atoms with Gasteiger partial charge in [-0.2, -0.15) is 29.4 Å². The Balaban J connectivity index is 0.00000144. The summed E-state index contributed by atoms with van der Waals surface area (Å²) in [5.41, 5.74) is 3.44. The van der Waals surface area contributed by atoms with Crippen LogP contribution in [0.5, 0.6) is 0 Å². The molecule has 2 aromatic carbocycles. The van der Waals surface area contributed by atoms with Crippen LogP contribution >= 0.6 is 0 Å². The summed E-state index contributed by atoms with van der Waals surface area (Å²) < 4.78 is 1.93. The van der Waals surface area contributed by atoms with Gasteiger partial charge in [0.2, 0.25) is 0 Å². The molecule has 0 radical (unpaired) electrons. The zero-order valence-corrected chi connectivity index (χ0v) is 17.8. The second-order valence-corrected chi connectivity index (χ2v) is 5.68. The van der Waals surface area contributed by atoms with Gasteiger partial charge in [0.15, 0.2) is 0 Å². The predicted molar refractivity (Wildman–Crippen MR) is 84.8 cm³/mol. The van der Waals surface area contributed by atoms with Gasteiger partial charge in [-0.3, -0.25) is 4.68 Å². The van der Waals surface area contributed by atoms with Crippen molar-refractivity contribution in [3.8, 4) is 5.69 Å². The van der Waals surface area contributed by atoms with E-state index in [-0.39, 0.29) is 58.2 Å². The number of aromatic nitrogens is 2. The van der Waals surface area contributed by atoms with E-state index in [2.05, 4.69) is 53.0 Å². The van der Waals surface area contributed by atoms with Crippen LogP contribution in [0, 0.1) is 6.07 Å². The fourth-order valence-corrected chi connectivity index (χ4v) is 3.07. The minimum absolute atomic E-state index is 0. The number of nitrogens with zero attached hydrogens (tertiary/aromatic N) is 2. The summed E-state index contributed by atoms with van der Waals surface area (Å²) >= 11 is 0. The van der Waals surface area contributed by atoms with Crippen LogP contribution in [0.4, 0.5) is 0 Å². The Morgan fingerprint density at radius 3 is 2.77 bits per heavy atom. The van der Waals surface area contributed by atoms with E-state index in [4.69, 9.17) is 0 Å². The fourth-order valence-electron chi connectivity index (χ4n) is 3.07. The summed E-state index contributed by atoms with van der Waals surface area (Å²) in [5.74, 6) is 0.651. The van der Waals surface area contributed by atoms with Gasteiger partial charge in [-0.05, 0) is 54.7 Å². The molecule has 2 heterocycles. The van der Waals surface area contributed by atoms with E-state index in [0.29, 0.717) is 5.92 Å². The van der Waals surface area contributed by atoms with Crippen LogP contribution in [-0.2, 0) is 0 Å². The van der Waals surface area contributed by atoms with Crippen molar-refractivity contribution >= 4 is 10.9 Å². The maximum atomic E-state index is 4.57. The molecule has 0 bridgehead atoms. The first-order valence-electron chi connectivity index (χ1n) is 7.57. The molecule has 106 valence electrons. The zero-order valence-electron chi connectivity index (χ0n) is 12.9.